The van der Waals surface area contributed by atoms with Gasteiger partial charge < -0.3 is 33.8 Å². The summed E-state index contributed by atoms with van der Waals surface area (Å²) in [5, 5.41) is 10.5. The standard InChI is InChI=1S/C59H114O17P2/c1-6-9-12-15-18-20-21-22-23-30-35-40-45-59(64)76-55(49-70-57(62)43-38-33-29-25-24-27-31-36-41-52(4)5)51-74-78(67,68)72-47-53(60)46-71-77(65,66)73-50-54(48-69-56(61)42-37-32-26-17-14-11-8-3)75-58(63)44-39-34-28-19-16-13-10-7-2/h52-55,60H,6-51H2,1-5H3,(H,65,66)(H,67,68)/t53-,54+,55+/m0/s1. The summed E-state index contributed by atoms with van der Waals surface area (Å²) in [7, 11) is -9.87. The summed E-state index contributed by atoms with van der Waals surface area (Å²) in [6.45, 7) is 7.05. The summed E-state index contributed by atoms with van der Waals surface area (Å²) in [4.78, 5) is 71.8. The molecule has 0 aromatic heterocycles. The smallest absolute Gasteiger partial charge is 0.462 e. The molecule has 0 aromatic carbocycles. The predicted octanol–water partition coefficient (Wildman–Crippen LogP) is 15.8. The van der Waals surface area contributed by atoms with E-state index in [9.17, 15) is 43.2 Å². The normalized spacial score (nSPS) is 14.4. The minimum atomic E-state index is -4.94. The molecule has 19 heteroatoms. The summed E-state index contributed by atoms with van der Waals surface area (Å²) in [6.07, 6.45) is 35.0. The van der Waals surface area contributed by atoms with Gasteiger partial charge in [-0.25, -0.2) is 9.13 Å². The number of carbonyl (C=O) groups is 4. The number of aliphatic hydroxyl groups excluding tert-OH is 1. The third kappa shape index (κ3) is 53.4. The number of rotatable bonds is 59. The number of unbranched alkanes of at least 4 members (excludes halogenated alkanes) is 31. The van der Waals surface area contributed by atoms with E-state index in [1.54, 1.807) is 0 Å². The zero-order chi connectivity index (χ0) is 57.8. The molecule has 0 aliphatic heterocycles. The van der Waals surface area contributed by atoms with Crippen LogP contribution in [0.5, 0.6) is 0 Å². The van der Waals surface area contributed by atoms with Gasteiger partial charge in [0, 0.05) is 25.7 Å². The molecule has 0 aliphatic rings. The molecule has 0 bridgehead atoms. The zero-order valence-electron chi connectivity index (χ0n) is 49.8. The first-order chi connectivity index (χ1) is 37.5. The highest BCUT2D eigenvalue weighted by atomic mass is 31.2. The molecule has 2 unspecified atom stereocenters. The zero-order valence-corrected chi connectivity index (χ0v) is 51.6. The van der Waals surface area contributed by atoms with Crippen molar-refractivity contribution in [1.29, 1.82) is 0 Å². The van der Waals surface area contributed by atoms with Crippen LogP contribution in [-0.4, -0.2) is 96.7 Å². The van der Waals surface area contributed by atoms with Gasteiger partial charge >= 0.3 is 39.5 Å². The number of phosphoric ester groups is 2. The van der Waals surface area contributed by atoms with Crippen molar-refractivity contribution in [3.63, 3.8) is 0 Å². The van der Waals surface area contributed by atoms with E-state index in [0.29, 0.717) is 25.7 Å². The summed E-state index contributed by atoms with van der Waals surface area (Å²) in [5.41, 5.74) is 0. The molecule has 0 radical (unpaired) electrons. The minimum Gasteiger partial charge on any atom is -0.462 e. The van der Waals surface area contributed by atoms with Gasteiger partial charge in [0.25, 0.3) is 0 Å². The van der Waals surface area contributed by atoms with E-state index in [4.69, 9.17) is 37.0 Å². The second-order valence-electron chi connectivity index (χ2n) is 21.9. The van der Waals surface area contributed by atoms with E-state index in [1.807, 2.05) is 0 Å². The van der Waals surface area contributed by atoms with Gasteiger partial charge in [0.05, 0.1) is 26.4 Å². The fourth-order valence-electron chi connectivity index (χ4n) is 8.70. The number of carbonyl (C=O) groups excluding carboxylic acids is 4. The maximum Gasteiger partial charge on any atom is 0.472 e. The van der Waals surface area contributed by atoms with Crippen molar-refractivity contribution in [1.82, 2.24) is 0 Å². The lowest BCUT2D eigenvalue weighted by atomic mass is 10.0. The lowest BCUT2D eigenvalue weighted by Gasteiger charge is -2.21. The number of esters is 4. The second-order valence-corrected chi connectivity index (χ2v) is 24.8. The minimum absolute atomic E-state index is 0.104. The van der Waals surface area contributed by atoms with E-state index in [0.717, 1.165) is 115 Å². The van der Waals surface area contributed by atoms with E-state index in [1.165, 1.54) is 96.3 Å². The molecule has 0 saturated heterocycles. The highest BCUT2D eigenvalue weighted by molar-refractivity contribution is 7.47. The quantitative estimate of drug-likeness (QED) is 0.0222. The van der Waals surface area contributed by atoms with Gasteiger partial charge in [-0.15, -0.1) is 0 Å². The van der Waals surface area contributed by atoms with Crippen LogP contribution in [0.25, 0.3) is 0 Å². The second kappa shape index (κ2) is 53.1. The van der Waals surface area contributed by atoms with Crippen LogP contribution in [0.2, 0.25) is 0 Å². The van der Waals surface area contributed by atoms with Crippen molar-refractivity contribution in [2.24, 2.45) is 5.92 Å². The van der Waals surface area contributed by atoms with E-state index in [-0.39, 0.29) is 25.7 Å². The molecule has 3 N–H and O–H groups in total. The lowest BCUT2D eigenvalue weighted by molar-refractivity contribution is -0.161. The van der Waals surface area contributed by atoms with Gasteiger partial charge in [0.1, 0.15) is 19.3 Å². The molecule has 0 rings (SSSR count). The maximum absolute atomic E-state index is 12.9. The number of phosphoric acid groups is 2. The van der Waals surface area contributed by atoms with Gasteiger partial charge in [-0.2, -0.15) is 0 Å². The Morgan fingerprint density at radius 1 is 0.346 bits per heavy atom. The highest BCUT2D eigenvalue weighted by Gasteiger charge is 2.30. The summed E-state index contributed by atoms with van der Waals surface area (Å²) in [5.74, 6) is -1.42. The Hall–Kier alpha value is -1.94. The average molecular weight is 1160 g/mol. The molecule has 0 aromatic rings. The van der Waals surface area contributed by atoms with Crippen molar-refractivity contribution < 1.29 is 80.2 Å². The molecule has 0 amide bonds. The molecule has 78 heavy (non-hydrogen) atoms. The molecule has 0 spiro atoms. The molecule has 0 aliphatic carbocycles. The topological polar surface area (TPSA) is 237 Å². The molecular weight excluding hydrogens is 1040 g/mol. The Morgan fingerprint density at radius 2 is 0.590 bits per heavy atom. The first-order valence-corrected chi connectivity index (χ1v) is 34.1. The fraction of sp³-hybridized carbons (Fsp3) is 0.932. The van der Waals surface area contributed by atoms with Crippen LogP contribution in [0.1, 0.15) is 291 Å². The van der Waals surface area contributed by atoms with Gasteiger partial charge in [0.2, 0.25) is 0 Å². The SMILES string of the molecule is CCCCCCCCCCCCCCC(=O)O[C@H](COC(=O)CCCCCCCCCCC(C)C)COP(=O)(O)OC[C@@H](O)COP(=O)(O)OC[C@@H](COC(=O)CCCCCCCCC)OC(=O)CCCCCCCCCC. The first kappa shape index (κ1) is 76.1. The van der Waals surface area contributed by atoms with E-state index >= 15 is 0 Å². The molecule has 5 atom stereocenters. The van der Waals surface area contributed by atoms with Crippen molar-refractivity contribution in [3.8, 4) is 0 Å². The number of ether oxygens (including phenoxy) is 4. The fourth-order valence-corrected chi connectivity index (χ4v) is 10.3. The predicted molar refractivity (Wildman–Crippen MR) is 308 cm³/mol. The molecule has 17 nitrogen and oxygen atoms in total. The lowest BCUT2D eigenvalue weighted by Crippen LogP contribution is -2.30. The molecular formula is C59H114O17P2. The molecule has 0 saturated carbocycles. The van der Waals surface area contributed by atoms with Crippen LogP contribution in [0.4, 0.5) is 0 Å². The van der Waals surface area contributed by atoms with Crippen LogP contribution in [-0.2, 0) is 65.4 Å². The number of hydrogen-bond acceptors (Lipinski definition) is 15. The third-order valence-corrected chi connectivity index (χ3v) is 15.4. The maximum atomic E-state index is 12.9. The monoisotopic (exact) mass is 1160 g/mol. The van der Waals surface area contributed by atoms with Gasteiger partial charge in [-0.05, 0) is 31.6 Å². The summed E-state index contributed by atoms with van der Waals surface area (Å²) in [6, 6.07) is 0. The van der Waals surface area contributed by atoms with E-state index in [2.05, 4.69) is 34.6 Å². The average Bonchev–Trinajstić information content (AvgIpc) is 3.40. The van der Waals surface area contributed by atoms with Gasteiger partial charge in [-0.3, -0.25) is 37.3 Å². The first-order valence-electron chi connectivity index (χ1n) is 31.1. The van der Waals surface area contributed by atoms with Crippen molar-refractivity contribution in [2.75, 3.05) is 39.6 Å². The molecule has 0 fully saturated rings. The largest absolute Gasteiger partial charge is 0.472 e. The van der Waals surface area contributed by atoms with Crippen LogP contribution >= 0.6 is 15.6 Å². The Labute approximate surface area is 473 Å². The van der Waals surface area contributed by atoms with Crippen LogP contribution in [0.15, 0.2) is 0 Å². The van der Waals surface area contributed by atoms with Crippen LogP contribution < -0.4 is 0 Å². The molecule has 462 valence electrons. The number of hydrogen-bond donors (Lipinski definition) is 3. The van der Waals surface area contributed by atoms with Crippen molar-refractivity contribution in [2.45, 2.75) is 310 Å². The Balaban J connectivity index is 5.21. The van der Waals surface area contributed by atoms with Crippen LogP contribution in [0.3, 0.4) is 0 Å². The Bertz CT molecular complexity index is 1530. The van der Waals surface area contributed by atoms with Crippen molar-refractivity contribution in [3.05, 3.63) is 0 Å². The Morgan fingerprint density at radius 3 is 0.872 bits per heavy atom. The van der Waals surface area contributed by atoms with Gasteiger partial charge in [0.15, 0.2) is 12.2 Å². The highest BCUT2D eigenvalue weighted by Crippen LogP contribution is 2.45. The van der Waals surface area contributed by atoms with Gasteiger partial charge in [-0.1, -0.05) is 240 Å². The molecule has 0 heterocycles. The van der Waals surface area contributed by atoms with E-state index < -0.39 is 97.5 Å². The van der Waals surface area contributed by atoms with Crippen molar-refractivity contribution >= 4 is 39.5 Å². The summed E-state index contributed by atoms with van der Waals surface area (Å²) < 4.78 is 67.6. The third-order valence-electron chi connectivity index (χ3n) is 13.5. The van der Waals surface area contributed by atoms with Crippen LogP contribution in [0, 0.1) is 5.92 Å². The number of aliphatic hydroxyl groups is 1. The Kier molecular flexibility index (Phi) is 51.8. The summed E-state index contributed by atoms with van der Waals surface area (Å²) >= 11 is 0.